The molecule has 25 heavy (non-hydrogen) atoms. The number of anilines is 1. The van der Waals surface area contributed by atoms with Gasteiger partial charge in [0, 0.05) is 11.4 Å². The Kier molecular flexibility index (Phi) is 5.95. The molecule has 3 rings (SSSR count). The zero-order valence-electron chi connectivity index (χ0n) is 13.5. The fourth-order valence-corrected chi connectivity index (χ4v) is 4.28. The van der Waals surface area contributed by atoms with Crippen LogP contribution in [0.25, 0.3) is 0 Å². The van der Waals surface area contributed by atoms with Gasteiger partial charge in [-0.1, -0.05) is 57.8 Å². The number of nitrogens with zero attached hydrogens (tertiary/aromatic N) is 1. The van der Waals surface area contributed by atoms with Gasteiger partial charge in [-0.3, -0.25) is 4.90 Å². The number of para-hydroxylation sites is 1. The monoisotopic (exact) mass is 374 g/mol. The fraction of sp³-hybridized carbons (Fsp3) is 0.222. The van der Waals surface area contributed by atoms with Gasteiger partial charge in [0.2, 0.25) is 0 Å². The molecule has 0 spiro atoms. The summed E-state index contributed by atoms with van der Waals surface area (Å²) >= 11 is 1.56. The van der Waals surface area contributed by atoms with E-state index in [4.69, 9.17) is 4.74 Å². The Morgan fingerprint density at radius 1 is 1.12 bits per heavy atom. The predicted octanol–water partition coefficient (Wildman–Crippen LogP) is 3.71. The first-order chi connectivity index (χ1) is 12.2. The van der Waals surface area contributed by atoms with Crippen LogP contribution in [0.3, 0.4) is 0 Å². The maximum atomic E-state index is 12.9. The Balaban J connectivity index is 1.86. The molecule has 7 heteroatoms. The molecule has 1 heterocycles. The third kappa shape index (κ3) is 4.14. The summed E-state index contributed by atoms with van der Waals surface area (Å²) in [4.78, 5) is 26.8. The Labute approximate surface area is 153 Å². The number of esters is 1. The summed E-state index contributed by atoms with van der Waals surface area (Å²) in [6, 6.07) is 18.0. The summed E-state index contributed by atoms with van der Waals surface area (Å²) < 4.78 is 5.13. The Bertz CT molecular complexity index is 730. The minimum Gasteiger partial charge on any atom is -0.460 e. The van der Waals surface area contributed by atoms with Crippen LogP contribution >= 0.6 is 21.0 Å². The molecule has 2 aromatic carbocycles. The van der Waals surface area contributed by atoms with E-state index in [9.17, 15) is 9.59 Å². The van der Waals surface area contributed by atoms with Gasteiger partial charge in [-0.25, -0.2) is 9.59 Å². The molecule has 2 aromatic rings. The van der Waals surface area contributed by atoms with Crippen LogP contribution in [0.2, 0.25) is 0 Å². The van der Waals surface area contributed by atoms with Crippen molar-refractivity contribution in [1.82, 2.24) is 4.90 Å². The van der Waals surface area contributed by atoms with Gasteiger partial charge in [-0.15, -0.1) is 11.8 Å². The largest absolute Gasteiger partial charge is 0.460 e. The maximum absolute atomic E-state index is 12.9. The molecule has 1 aliphatic heterocycles. The predicted molar refractivity (Wildman–Crippen MR) is 103 cm³/mol. The second kappa shape index (κ2) is 8.37. The van der Waals surface area contributed by atoms with Crippen molar-refractivity contribution in [3.05, 3.63) is 66.2 Å². The Morgan fingerprint density at radius 2 is 1.76 bits per heavy atom. The SMILES string of the molecule is O=C(OCP)C1CSC(c2ccccc2)N1C(=O)Nc1ccccc1. The van der Waals surface area contributed by atoms with E-state index in [0.717, 1.165) is 5.56 Å². The van der Waals surface area contributed by atoms with E-state index < -0.39 is 6.04 Å². The van der Waals surface area contributed by atoms with Crippen molar-refractivity contribution in [1.29, 1.82) is 0 Å². The van der Waals surface area contributed by atoms with Crippen LogP contribution in [0, 0.1) is 0 Å². The van der Waals surface area contributed by atoms with Gasteiger partial charge in [-0.2, -0.15) is 0 Å². The van der Waals surface area contributed by atoms with E-state index >= 15 is 0 Å². The molecule has 0 aromatic heterocycles. The summed E-state index contributed by atoms with van der Waals surface area (Å²) in [6.07, 6.45) is 0.212. The number of thioether (sulfide) groups is 1. The third-order valence-corrected chi connectivity index (χ3v) is 5.33. The van der Waals surface area contributed by atoms with Crippen LogP contribution < -0.4 is 5.32 Å². The first kappa shape index (κ1) is 17.8. The quantitative estimate of drug-likeness (QED) is 0.655. The van der Waals surface area contributed by atoms with Gasteiger partial charge in [0.15, 0.2) is 0 Å². The van der Waals surface area contributed by atoms with Crippen LogP contribution in [0.15, 0.2) is 60.7 Å². The standard InChI is InChI=1S/C18H19N2O3PS/c21-17(23-12-24)15-11-25-16(13-7-3-1-4-8-13)20(15)18(22)19-14-9-5-2-6-10-14/h1-10,15-16H,11-12,24H2,(H,19,22). The molecule has 3 unspecified atom stereocenters. The van der Waals surface area contributed by atoms with Crippen molar-refractivity contribution >= 4 is 38.7 Å². The first-order valence-electron chi connectivity index (χ1n) is 7.88. The molecule has 130 valence electrons. The normalized spacial score (nSPS) is 19.5. The van der Waals surface area contributed by atoms with E-state index in [1.807, 2.05) is 60.7 Å². The first-order valence-corrected chi connectivity index (χ1v) is 9.75. The number of nitrogens with one attached hydrogen (secondary N) is 1. The van der Waals surface area contributed by atoms with Crippen LogP contribution in [0.5, 0.6) is 0 Å². The summed E-state index contributed by atoms with van der Waals surface area (Å²) in [6.45, 7) is 0. The lowest BCUT2D eigenvalue weighted by atomic mass is 10.2. The molecular weight excluding hydrogens is 355 g/mol. The highest BCUT2D eigenvalue weighted by Crippen LogP contribution is 2.42. The molecule has 3 atom stereocenters. The summed E-state index contributed by atoms with van der Waals surface area (Å²) in [7, 11) is 2.36. The molecule has 0 bridgehead atoms. The molecule has 1 saturated heterocycles. The lowest BCUT2D eigenvalue weighted by Gasteiger charge is -2.28. The average molecular weight is 374 g/mol. The van der Waals surface area contributed by atoms with Gasteiger partial charge < -0.3 is 10.1 Å². The van der Waals surface area contributed by atoms with E-state index in [1.165, 1.54) is 0 Å². The van der Waals surface area contributed by atoms with E-state index in [2.05, 4.69) is 14.6 Å². The van der Waals surface area contributed by atoms with Crippen molar-refractivity contribution in [2.75, 3.05) is 17.4 Å². The highest BCUT2D eigenvalue weighted by molar-refractivity contribution is 7.99. The van der Waals surface area contributed by atoms with Gasteiger partial charge in [-0.05, 0) is 17.7 Å². The number of amides is 2. The van der Waals surface area contributed by atoms with Crippen molar-refractivity contribution in [2.24, 2.45) is 0 Å². The number of carbonyl (C=O) groups excluding carboxylic acids is 2. The second-order valence-corrected chi connectivity index (χ2v) is 6.89. The van der Waals surface area contributed by atoms with Crippen molar-refractivity contribution in [3.63, 3.8) is 0 Å². The number of hydrogen-bond donors (Lipinski definition) is 1. The van der Waals surface area contributed by atoms with Crippen molar-refractivity contribution in [3.8, 4) is 0 Å². The van der Waals surface area contributed by atoms with Gasteiger partial charge in [0.1, 0.15) is 17.8 Å². The highest BCUT2D eigenvalue weighted by atomic mass is 32.2. The summed E-state index contributed by atoms with van der Waals surface area (Å²) in [5.74, 6) is 0.120. The second-order valence-electron chi connectivity index (χ2n) is 5.45. The topological polar surface area (TPSA) is 58.6 Å². The maximum Gasteiger partial charge on any atom is 0.330 e. The van der Waals surface area contributed by atoms with E-state index in [-0.39, 0.29) is 23.7 Å². The van der Waals surface area contributed by atoms with Gasteiger partial charge in [0.05, 0.1) is 0 Å². The lowest BCUT2D eigenvalue weighted by molar-refractivity contribution is -0.145. The molecule has 5 nitrogen and oxygen atoms in total. The number of rotatable bonds is 4. The average Bonchev–Trinajstić information content (AvgIpc) is 3.09. The molecule has 1 aliphatic rings. The minimum absolute atomic E-state index is 0.212. The number of carbonyl (C=O) groups is 2. The van der Waals surface area contributed by atoms with Gasteiger partial charge in [0.25, 0.3) is 0 Å². The van der Waals surface area contributed by atoms with E-state index in [1.54, 1.807) is 16.7 Å². The molecular formula is C18H19N2O3PS. The van der Waals surface area contributed by atoms with E-state index in [0.29, 0.717) is 11.4 Å². The van der Waals surface area contributed by atoms with Crippen LogP contribution in [0.1, 0.15) is 10.9 Å². The van der Waals surface area contributed by atoms with Crippen LogP contribution in [0.4, 0.5) is 10.5 Å². The smallest absolute Gasteiger partial charge is 0.330 e. The lowest BCUT2D eigenvalue weighted by Crippen LogP contribution is -2.45. The molecule has 1 fully saturated rings. The zero-order valence-corrected chi connectivity index (χ0v) is 15.5. The number of urea groups is 1. The summed E-state index contributed by atoms with van der Waals surface area (Å²) in [5, 5.41) is 2.64. The summed E-state index contributed by atoms with van der Waals surface area (Å²) in [5.41, 5.74) is 1.67. The number of hydrogen-bond acceptors (Lipinski definition) is 4. The highest BCUT2D eigenvalue weighted by Gasteiger charge is 2.43. The number of benzene rings is 2. The molecule has 0 radical (unpaired) electrons. The minimum atomic E-state index is -0.612. The Morgan fingerprint density at radius 3 is 2.40 bits per heavy atom. The molecule has 1 N–H and O–H groups in total. The fourth-order valence-electron chi connectivity index (χ4n) is 2.70. The third-order valence-electron chi connectivity index (χ3n) is 3.84. The van der Waals surface area contributed by atoms with Gasteiger partial charge >= 0.3 is 12.0 Å². The molecule has 2 amide bonds. The Hall–Kier alpha value is -2.04. The van der Waals surface area contributed by atoms with Crippen LogP contribution in [-0.2, 0) is 9.53 Å². The van der Waals surface area contributed by atoms with Crippen molar-refractivity contribution < 1.29 is 14.3 Å². The number of ether oxygens (including phenoxy) is 1. The molecule has 0 aliphatic carbocycles. The van der Waals surface area contributed by atoms with Crippen LogP contribution in [-0.4, -0.2) is 35.0 Å². The molecule has 0 saturated carbocycles. The van der Waals surface area contributed by atoms with Crippen molar-refractivity contribution in [2.45, 2.75) is 11.4 Å². The zero-order chi connectivity index (χ0) is 17.6.